The van der Waals surface area contributed by atoms with E-state index in [1.807, 2.05) is 29.2 Å². The number of amides is 1. The van der Waals surface area contributed by atoms with Crippen LogP contribution < -0.4 is 0 Å². The molecule has 27 heavy (non-hydrogen) atoms. The molecule has 2 aromatic carbocycles. The van der Waals surface area contributed by atoms with Crippen LogP contribution in [0.3, 0.4) is 0 Å². The molecule has 0 N–H and O–H groups in total. The van der Waals surface area contributed by atoms with Gasteiger partial charge in [0.25, 0.3) is 11.6 Å². The van der Waals surface area contributed by atoms with Gasteiger partial charge >= 0.3 is 0 Å². The first-order valence-electron chi connectivity index (χ1n) is 8.65. The number of aromatic nitrogens is 1. The van der Waals surface area contributed by atoms with Crippen LogP contribution >= 0.6 is 27.3 Å². The standard InChI is InChI=1S/C19H16BrN3O3S/c20-13-9-8-12(11-16(13)23(25)26)19(24)22-10-4-3-6-15(22)18-21-14-5-1-2-7-17(14)27-18/h1-2,5,7-9,11,15H,3-4,6,10H2. The number of carbonyl (C=O) groups is 1. The van der Waals surface area contributed by atoms with Crippen LogP contribution in [0.25, 0.3) is 10.2 Å². The third-order valence-corrected chi connectivity index (χ3v) is 6.56. The van der Waals surface area contributed by atoms with Crippen molar-refractivity contribution in [3.05, 3.63) is 67.6 Å². The molecule has 6 nitrogen and oxygen atoms in total. The number of halogens is 1. The summed E-state index contributed by atoms with van der Waals surface area (Å²) in [7, 11) is 0. The van der Waals surface area contributed by atoms with E-state index >= 15 is 0 Å². The molecule has 1 amide bonds. The molecule has 0 saturated carbocycles. The Morgan fingerprint density at radius 1 is 1.26 bits per heavy atom. The Balaban J connectivity index is 1.69. The molecular formula is C19H16BrN3O3S. The van der Waals surface area contributed by atoms with Crippen LogP contribution in [0.2, 0.25) is 0 Å². The lowest BCUT2D eigenvalue weighted by Gasteiger charge is -2.34. The third kappa shape index (κ3) is 3.46. The van der Waals surface area contributed by atoms with Crippen molar-refractivity contribution in [2.24, 2.45) is 0 Å². The van der Waals surface area contributed by atoms with E-state index in [1.165, 1.54) is 6.07 Å². The maximum absolute atomic E-state index is 13.1. The Labute approximate surface area is 168 Å². The van der Waals surface area contributed by atoms with Gasteiger partial charge in [-0.25, -0.2) is 4.98 Å². The second-order valence-electron chi connectivity index (χ2n) is 6.45. The number of fused-ring (bicyclic) bond motifs is 1. The fourth-order valence-electron chi connectivity index (χ4n) is 3.42. The normalized spacial score (nSPS) is 17.2. The first kappa shape index (κ1) is 18.1. The average Bonchev–Trinajstić information content (AvgIpc) is 3.11. The van der Waals surface area contributed by atoms with Gasteiger partial charge < -0.3 is 4.90 Å². The topological polar surface area (TPSA) is 76.3 Å². The molecule has 0 bridgehead atoms. The number of thiazole rings is 1. The Morgan fingerprint density at radius 3 is 2.85 bits per heavy atom. The number of nitro benzene ring substituents is 1. The van der Waals surface area contributed by atoms with Gasteiger partial charge in [-0.15, -0.1) is 11.3 Å². The van der Waals surface area contributed by atoms with Gasteiger partial charge in [-0.1, -0.05) is 12.1 Å². The summed E-state index contributed by atoms with van der Waals surface area (Å²) in [4.78, 5) is 30.4. The predicted molar refractivity (Wildman–Crippen MR) is 108 cm³/mol. The summed E-state index contributed by atoms with van der Waals surface area (Å²) in [5.41, 5.74) is 1.17. The maximum Gasteiger partial charge on any atom is 0.284 e. The van der Waals surface area contributed by atoms with Gasteiger partial charge in [-0.3, -0.25) is 14.9 Å². The molecule has 1 unspecified atom stereocenters. The minimum Gasteiger partial charge on any atom is -0.329 e. The van der Waals surface area contributed by atoms with Gasteiger partial charge in [0.05, 0.1) is 25.7 Å². The fourth-order valence-corrected chi connectivity index (χ4v) is 4.92. The van der Waals surface area contributed by atoms with E-state index in [2.05, 4.69) is 15.9 Å². The van der Waals surface area contributed by atoms with E-state index in [4.69, 9.17) is 4.98 Å². The van der Waals surface area contributed by atoms with Crippen molar-refractivity contribution in [2.45, 2.75) is 25.3 Å². The molecule has 1 aromatic heterocycles. The van der Waals surface area contributed by atoms with Crippen molar-refractivity contribution >= 4 is 49.1 Å². The van der Waals surface area contributed by atoms with Crippen molar-refractivity contribution in [1.29, 1.82) is 0 Å². The molecule has 1 atom stereocenters. The van der Waals surface area contributed by atoms with Crippen LogP contribution in [0, 0.1) is 10.1 Å². The van der Waals surface area contributed by atoms with Crippen LogP contribution in [-0.4, -0.2) is 27.3 Å². The number of benzene rings is 2. The zero-order valence-electron chi connectivity index (χ0n) is 14.3. The Morgan fingerprint density at radius 2 is 2.07 bits per heavy atom. The smallest absolute Gasteiger partial charge is 0.284 e. The van der Waals surface area contributed by atoms with E-state index in [0.29, 0.717) is 16.6 Å². The van der Waals surface area contributed by atoms with E-state index in [0.717, 1.165) is 34.5 Å². The van der Waals surface area contributed by atoms with Crippen LogP contribution in [0.4, 0.5) is 5.69 Å². The molecule has 1 saturated heterocycles. The molecule has 1 aliphatic heterocycles. The third-order valence-electron chi connectivity index (χ3n) is 4.75. The SMILES string of the molecule is O=C(c1ccc(Br)c([N+](=O)[O-])c1)N1CCCCC1c1nc2ccccc2s1. The summed E-state index contributed by atoms with van der Waals surface area (Å²) >= 11 is 4.78. The number of piperidine rings is 1. The summed E-state index contributed by atoms with van der Waals surface area (Å²) in [6.45, 7) is 0.628. The first-order valence-corrected chi connectivity index (χ1v) is 10.3. The minimum absolute atomic E-state index is 0.0913. The summed E-state index contributed by atoms with van der Waals surface area (Å²) in [6, 6.07) is 12.4. The molecule has 4 rings (SSSR count). The molecule has 138 valence electrons. The van der Waals surface area contributed by atoms with Gasteiger partial charge in [-0.2, -0.15) is 0 Å². The number of likely N-dealkylation sites (tertiary alicyclic amines) is 1. The van der Waals surface area contributed by atoms with Crippen molar-refractivity contribution in [1.82, 2.24) is 9.88 Å². The number of hydrogen-bond donors (Lipinski definition) is 0. The lowest BCUT2D eigenvalue weighted by atomic mass is 10.0. The molecule has 0 aliphatic carbocycles. The highest BCUT2D eigenvalue weighted by atomic mass is 79.9. The van der Waals surface area contributed by atoms with Crippen LogP contribution in [0.1, 0.15) is 40.7 Å². The quantitative estimate of drug-likeness (QED) is 0.402. The molecule has 1 aliphatic rings. The molecule has 0 radical (unpaired) electrons. The zero-order valence-corrected chi connectivity index (χ0v) is 16.7. The first-order chi connectivity index (χ1) is 13.0. The highest BCUT2D eigenvalue weighted by Gasteiger charge is 2.31. The zero-order chi connectivity index (χ0) is 19.0. The van der Waals surface area contributed by atoms with Crippen LogP contribution in [0.5, 0.6) is 0 Å². The van der Waals surface area contributed by atoms with E-state index < -0.39 is 4.92 Å². The molecule has 8 heteroatoms. The summed E-state index contributed by atoms with van der Waals surface area (Å²) in [5, 5.41) is 12.1. The fraction of sp³-hybridized carbons (Fsp3) is 0.263. The van der Waals surface area contributed by atoms with Gasteiger partial charge in [0.15, 0.2) is 0 Å². The molecular weight excluding hydrogens is 430 g/mol. The predicted octanol–water partition coefficient (Wildman–Crippen LogP) is 5.33. The number of para-hydroxylation sites is 1. The molecule has 0 spiro atoms. The molecule has 1 fully saturated rings. The number of nitrogens with zero attached hydrogens (tertiary/aromatic N) is 3. The van der Waals surface area contributed by atoms with E-state index in [9.17, 15) is 14.9 Å². The van der Waals surface area contributed by atoms with Gasteiger partial charge in [0, 0.05) is 18.2 Å². The largest absolute Gasteiger partial charge is 0.329 e. The number of nitro groups is 1. The van der Waals surface area contributed by atoms with Crippen LogP contribution in [-0.2, 0) is 0 Å². The highest BCUT2D eigenvalue weighted by molar-refractivity contribution is 9.10. The van der Waals surface area contributed by atoms with Crippen molar-refractivity contribution < 1.29 is 9.72 Å². The maximum atomic E-state index is 13.1. The van der Waals surface area contributed by atoms with Gasteiger partial charge in [-0.05, 0) is 59.5 Å². The van der Waals surface area contributed by atoms with Crippen LogP contribution in [0.15, 0.2) is 46.9 Å². The van der Waals surface area contributed by atoms with E-state index in [1.54, 1.807) is 23.5 Å². The van der Waals surface area contributed by atoms with Crippen molar-refractivity contribution in [3.8, 4) is 0 Å². The summed E-state index contributed by atoms with van der Waals surface area (Å²) in [5.74, 6) is -0.186. The monoisotopic (exact) mass is 445 g/mol. The van der Waals surface area contributed by atoms with Crippen molar-refractivity contribution in [3.63, 3.8) is 0 Å². The Kier molecular flexibility index (Phi) is 4.92. The number of hydrogen-bond acceptors (Lipinski definition) is 5. The van der Waals surface area contributed by atoms with E-state index in [-0.39, 0.29) is 17.6 Å². The molecule has 3 aromatic rings. The lowest BCUT2D eigenvalue weighted by molar-refractivity contribution is -0.385. The second-order valence-corrected chi connectivity index (χ2v) is 8.37. The van der Waals surface area contributed by atoms with Gasteiger partial charge in [0.1, 0.15) is 5.01 Å². The highest BCUT2D eigenvalue weighted by Crippen LogP contribution is 2.37. The number of carbonyl (C=O) groups excluding carboxylic acids is 1. The average molecular weight is 446 g/mol. The number of rotatable bonds is 3. The summed E-state index contributed by atoms with van der Waals surface area (Å²) < 4.78 is 1.47. The molecule has 2 heterocycles. The van der Waals surface area contributed by atoms with Crippen molar-refractivity contribution in [2.75, 3.05) is 6.54 Å². The Bertz CT molecular complexity index is 1000. The minimum atomic E-state index is -0.484. The summed E-state index contributed by atoms with van der Waals surface area (Å²) in [6.07, 6.45) is 2.81. The van der Waals surface area contributed by atoms with Gasteiger partial charge in [0.2, 0.25) is 0 Å². The second kappa shape index (κ2) is 7.36. The lowest BCUT2D eigenvalue weighted by Crippen LogP contribution is -2.38. The Hall–Kier alpha value is -2.32.